The van der Waals surface area contributed by atoms with E-state index in [0.29, 0.717) is 12.3 Å². The van der Waals surface area contributed by atoms with Crippen LogP contribution in [0.15, 0.2) is 0 Å². The lowest BCUT2D eigenvalue weighted by Crippen LogP contribution is -2.48. The summed E-state index contributed by atoms with van der Waals surface area (Å²) in [5.41, 5.74) is -0.864. The molecule has 2 fully saturated rings. The van der Waals surface area contributed by atoms with Crippen molar-refractivity contribution in [3.63, 3.8) is 0 Å². The largest absolute Gasteiger partial charge is 0.358 e. The van der Waals surface area contributed by atoms with Gasteiger partial charge in [-0.25, -0.2) is 0 Å². The van der Waals surface area contributed by atoms with E-state index in [4.69, 9.17) is 0 Å². The summed E-state index contributed by atoms with van der Waals surface area (Å²) in [6.45, 7) is 4.12. The normalized spacial score (nSPS) is 38.8. The van der Waals surface area contributed by atoms with E-state index in [0.717, 1.165) is 12.8 Å². The zero-order valence-electron chi connectivity index (χ0n) is 9.02. The van der Waals surface area contributed by atoms with Crippen molar-refractivity contribution in [2.45, 2.75) is 33.1 Å². The lowest BCUT2D eigenvalue weighted by atomic mass is 9.68. The lowest BCUT2D eigenvalue weighted by Gasteiger charge is -2.34. The van der Waals surface area contributed by atoms with Crippen LogP contribution in [-0.2, 0) is 9.59 Å². The summed E-state index contributed by atoms with van der Waals surface area (Å²) >= 11 is 0. The molecule has 2 rings (SSSR count). The monoisotopic (exact) mass is 195 g/mol. The Morgan fingerprint density at radius 1 is 1.50 bits per heavy atom. The van der Waals surface area contributed by atoms with Crippen LogP contribution in [0.2, 0.25) is 0 Å². The highest BCUT2D eigenvalue weighted by atomic mass is 16.2. The standard InChI is InChI=1S/C11H17NO2/c1-10(2)7-4-5-11(10,8(13)6-7)9(14)12-3/h7H,4-6H2,1-3H3,(H,12,14). The van der Waals surface area contributed by atoms with Crippen LogP contribution in [0.1, 0.15) is 33.1 Å². The number of amides is 1. The Kier molecular flexibility index (Phi) is 1.79. The molecule has 0 spiro atoms. The predicted octanol–water partition coefficient (Wildman–Crippen LogP) is 1.13. The fourth-order valence-electron chi connectivity index (χ4n) is 3.42. The van der Waals surface area contributed by atoms with Gasteiger partial charge in [0.15, 0.2) is 0 Å². The molecule has 0 heterocycles. The van der Waals surface area contributed by atoms with Crippen LogP contribution in [0.3, 0.4) is 0 Å². The first-order chi connectivity index (χ1) is 6.46. The van der Waals surface area contributed by atoms with Crippen molar-refractivity contribution in [1.82, 2.24) is 5.32 Å². The van der Waals surface area contributed by atoms with Gasteiger partial charge in [-0.1, -0.05) is 13.8 Å². The predicted molar refractivity (Wildman–Crippen MR) is 52.6 cm³/mol. The molecule has 3 nitrogen and oxygen atoms in total. The number of hydrogen-bond acceptors (Lipinski definition) is 2. The molecule has 2 atom stereocenters. The maximum absolute atomic E-state index is 11.9. The zero-order valence-corrected chi connectivity index (χ0v) is 9.02. The van der Waals surface area contributed by atoms with Crippen molar-refractivity contribution >= 4 is 11.7 Å². The van der Waals surface area contributed by atoms with Gasteiger partial charge in [0.25, 0.3) is 0 Å². The highest BCUT2D eigenvalue weighted by Gasteiger charge is 2.67. The van der Waals surface area contributed by atoms with E-state index in [1.807, 2.05) is 0 Å². The van der Waals surface area contributed by atoms with Crippen LogP contribution < -0.4 is 5.32 Å². The van der Waals surface area contributed by atoms with Crippen LogP contribution in [0.25, 0.3) is 0 Å². The smallest absolute Gasteiger partial charge is 0.234 e. The number of nitrogens with one attached hydrogen (secondary N) is 1. The van der Waals surface area contributed by atoms with Gasteiger partial charge in [0.05, 0.1) is 0 Å². The van der Waals surface area contributed by atoms with Crippen molar-refractivity contribution in [3.05, 3.63) is 0 Å². The molecule has 1 amide bonds. The molecule has 78 valence electrons. The van der Waals surface area contributed by atoms with Gasteiger partial charge >= 0.3 is 0 Å². The molecule has 2 saturated carbocycles. The second-order valence-electron chi connectivity index (χ2n) is 5.07. The first kappa shape index (κ1) is 9.69. The van der Waals surface area contributed by atoms with E-state index >= 15 is 0 Å². The molecule has 2 aliphatic carbocycles. The van der Waals surface area contributed by atoms with Gasteiger partial charge in [-0.05, 0) is 24.2 Å². The Bertz CT molecular complexity index is 308. The van der Waals surface area contributed by atoms with Crippen LogP contribution in [0, 0.1) is 16.7 Å². The summed E-state index contributed by atoms with van der Waals surface area (Å²) in [6, 6.07) is 0. The van der Waals surface area contributed by atoms with Crippen molar-refractivity contribution in [2.75, 3.05) is 7.05 Å². The first-order valence-corrected chi connectivity index (χ1v) is 5.22. The Labute approximate surface area is 84.2 Å². The number of carbonyl (C=O) groups is 2. The van der Waals surface area contributed by atoms with Gasteiger partial charge in [-0.15, -0.1) is 0 Å². The van der Waals surface area contributed by atoms with Crippen molar-refractivity contribution < 1.29 is 9.59 Å². The second-order valence-corrected chi connectivity index (χ2v) is 5.07. The second kappa shape index (κ2) is 2.59. The van der Waals surface area contributed by atoms with E-state index in [-0.39, 0.29) is 17.1 Å². The molecular weight excluding hydrogens is 178 g/mol. The molecule has 0 aromatic heterocycles. The topological polar surface area (TPSA) is 46.2 Å². The maximum Gasteiger partial charge on any atom is 0.234 e. The highest BCUT2D eigenvalue weighted by Crippen LogP contribution is 2.63. The summed E-state index contributed by atoms with van der Waals surface area (Å²) in [7, 11) is 1.62. The molecule has 0 aromatic carbocycles. The van der Waals surface area contributed by atoms with E-state index in [9.17, 15) is 9.59 Å². The molecular formula is C11H17NO2. The Morgan fingerprint density at radius 3 is 2.50 bits per heavy atom. The molecule has 1 N–H and O–H groups in total. The van der Waals surface area contributed by atoms with Crippen molar-refractivity contribution in [1.29, 1.82) is 0 Å². The molecule has 0 aliphatic heterocycles. The van der Waals surface area contributed by atoms with Crippen LogP contribution in [-0.4, -0.2) is 18.7 Å². The molecule has 2 aliphatic rings. The number of hydrogen-bond donors (Lipinski definition) is 1. The van der Waals surface area contributed by atoms with E-state index in [2.05, 4.69) is 19.2 Å². The summed E-state index contributed by atoms with van der Waals surface area (Å²) in [5.74, 6) is 0.484. The zero-order chi connectivity index (χ0) is 10.6. The summed E-state index contributed by atoms with van der Waals surface area (Å²) in [4.78, 5) is 23.8. The minimum atomic E-state index is -0.716. The third kappa shape index (κ3) is 0.787. The fourth-order valence-corrected chi connectivity index (χ4v) is 3.42. The highest BCUT2D eigenvalue weighted by molar-refractivity contribution is 6.09. The van der Waals surface area contributed by atoms with Gasteiger partial charge < -0.3 is 5.32 Å². The number of fused-ring (bicyclic) bond motifs is 2. The molecule has 0 saturated heterocycles. The SMILES string of the molecule is CNC(=O)C12CCC(CC1=O)C2(C)C. The Hall–Kier alpha value is -0.860. The maximum atomic E-state index is 11.9. The average molecular weight is 195 g/mol. The fraction of sp³-hybridized carbons (Fsp3) is 0.818. The number of rotatable bonds is 1. The quantitative estimate of drug-likeness (QED) is 0.637. The average Bonchev–Trinajstić information content (AvgIpc) is 2.49. The molecule has 2 unspecified atom stereocenters. The molecule has 3 heteroatoms. The van der Waals surface area contributed by atoms with Gasteiger partial charge in [0.1, 0.15) is 11.2 Å². The third-order valence-corrected chi connectivity index (χ3v) is 4.51. The third-order valence-electron chi connectivity index (χ3n) is 4.51. The van der Waals surface area contributed by atoms with Crippen LogP contribution in [0.5, 0.6) is 0 Å². The number of ketones is 1. The Balaban J connectivity index is 2.49. The molecule has 2 bridgehead atoms. The molecule has 14 heavy (non-hydrogen) atoms. The van der Waals surface area contributed by atoms with Crippen molar-refractivity contribution in [2.24, 2.45) is 16.7 Å². The summed E-state index contributed by atoms with van der Waals surface area (Å²) in [6.07, 6.45) is 2.36. The number of carbonyl (C=O) groups excluding carboxylic acids is 2. The lowest BCUT2D eigenvalue weighted by molar-refractivity contribution is -0.144. The summed E-state index contributed by atoms with van der Waals surface area (Å²) < 4.78 is 0. The minimum Gasteiger partial charge on any atom is -0.358 e. The van der Waals surface area contributed by atoms with Gasteiger partial charge in [-0.3, -0.25) is 9.59 Å². The Morgan fingerprint density at radius 2 is 2.14 bits per heavy atom. The molecule has 0 aromatic rings. The minimum absolute atomic E-state index is 0.0764. The molecule has 0 radical (unpaired) electrons. The van der Waals surface area contributed by atoms with E-state index < -0.39 is 5.41 Å². The van der Waals surface area contributed by atoms with E-state index in [1.54, 1.807) is 7.05 Å². The van der Waals surface area contributed by atoms with Crippen LogP contribution >= 0.6 is 0 Å². The van der Waals surface area contributed by atoms with Gasteiger partial charge in [-0.2, -0.15) is 0 Å². The van der Waals surface area contributed by atoms with Gasteiger partial charge in [0.2, 0.25) is 5.91 Å². The first-order valence-electron chi connectivity index (χ1n) is 5.22. The van der Waals surface area contributed by atoms with Gasteiger partial charge in [0, 0.05) is 13.5 Å². The summed E-state index contributed by atoms with van der Waals surface area (Å²) in [5, 5.41) is 2.65. The van der Waals surface area contributed by atoms with E-state index in [1.165, 1.54) is 0 Å². The number of Topliss-reactive ketones (excluding diaryl/α,β-unsaturated/α-hetero) is 1. The van der Waals surface area contributed by atoms with Crippen molar-refractivity contribution in [3.8, 4) is 0 Å². The van der Waals surface area contributed by atoms with Crippen LogP contribution in [0.4, 0.5) is 0 Å².